The van der Waals surface area contributed by atoms with Gasteiger partial charge < -0.3 is 19.8 Å². The maximum Gasteiger partial charge on any atom is 0.472 e. The van der Waals surface area contributed by atoms with Crippen LogP contribution >= 0.6 is 7.82 Å². The van der Waals surface area contributed by atoms with E-state index in [0.29, 0.717) is 23.9 Å². The molecule has 3 N–H and O–H groups in total. The SMILES string of the molecule is CCCCCCCCCCCCCC/C=C/CC/C=C/CC/C=C/C(O)C(COP(=O)(O)OCC[N+](C)(C)C)NC(=O)CCC. The summed E-state index contributed by atoms with van der Waals surface area (Å²) in [5.41, 5.74) is 0. The Labute approximate surface area is 276 Å². The number of allylic oxidation sites excluding steroid dienone is 5. The summed E-state index contributed by atoms with van der Waals surface area (Å²) in [5.74, 6) is -0.247. The molecule has 45 heavy (non-hydrogen) atoms. The fourth-order valence-corrected chi connectivity index (χ4v) is 5.44. The van der Waals surface area contributed by atoms with E-state index in [0.717, 1.165) is 25.7 Å². The molecule has 1 amide bonds. The first-order valence-electron chi connectivity index (χ1n) is 17.9. The van der Waals surface area contributed by atoms with Crippen molar-refractivity contribution in [1.29, 1.82) is 0 Å². The molecule has 0 heterocycles. The Morgan fingerprint density at radius 1 is 0.733 bits per heavy atom. The molecule has 0 aromatic carbocycles. The van der Waals surface area contributed by atoms with E-state index >= 15 is 0 Å². The van der Waals surface area contributed by atoms with Crippen LogP contribution in [0.5, 0.6) is 0 Å². The van der Waals surface area contributed by atoms with E-state index in [4.69, 9.17) is 9.05 Å². The average Bonchev–Trinajstić information content (AvgIpc) is 2.97. The number of aliphatic hydroxyl groups is 1. The van der Waals surface area contributed by atoms with Gasteiger partial charge in [0.2, 0.25) is 5.91 Å². The van der Waals surface area contributed by atoms with Crippen LogP contribution in [0.3, 0.4) is 0 Å². The monoisotopic (exact) mass is 657 g/mol. The Morgan fingerprint density at radius 3 is 1.73 bits per heavy atom. The zero-order valence-corrected chi connectivity index (χ0v) is 30.5. The van der Waals surface area contributed by atoms with Crippen LogP contribution in [0.1, 0.15) is 136 Å². The lowest BCUT2D eigenvalue weighted by molar-refractivity contribution is -0.870. The van der Waals surface area contributed by atoms with Crippen LogP contribution in [0.4, 0.5) is 0 Å². The molecule has 8 nitrogen and oxygen atoms in total. The zero-order chi connectivity index (χ0) is 33.7. The number of phosphoric ester groups is 1. The molecule has 0 fully saturated rings. The number of nitrogens with one attached hydrogen (secondary N) is 1. The number of phosphoric acid groups is 1. The van der Waals surface area contributed by atoms with Crippen molar-refractivity contribution >= 4 is 13.7 Å². The Kier molecular flexibility index (Phi) is 28.1. The van der Waals surface area contributed by atoms with Crippen molar-refractivity contribution in [2.24, 2.45) is 0 Å². The molecule has 0 aliphatic rings. The summed E-state index contributed by atoms with van der Waals surface area (Å²) in [6.45, 7) is 4.40. The zero-order valence-electron chi connectivity index (χ0n) is 29.6. The highest BCUT2D eigenvalue weighted by Crippen LogP contribution is 2.43. The van der Waals surface area contributed by atoms with Gasteiger partial charge in [-0.2, -0.15) is 0 Å². The Bertz CT molecular complexity index is 840. The van der Waals surface area contributed by atoms with Crippen molar-refractivity contribution in [3.63, 3.8) is 0 Å². The third-order valence-corrected chi connectivity index (χ3v) is 8.54. The van der Waals surface area contributed by atoms with E-state index in [1.54, 1.807) is 6.08 Å². The fraction of sp³-hybridized carbons (Fsp3) is 0.806. The molecule has 0 radical (unpaired) electrons. The van der Waals surface area contributed by atoms with Crippen LogP contribution in [-0.2, 0) is 18.4 Å². The number of hydrogen-bond acceptors (Lipinski definition) is 5. The molecule has 9 heteroatoms. The van der Waals surface area contributed by atoms with E-state index in [1.807, 2.05) is 34.1 Å². The van der Waals surface area contributed by atoms with Gasteiger partial charge in [0.1, 0.15) is 13.2 Å². The molecular formula is C36H70N2O6P+. The number of likely N-dealkylation sites (N-methyl/N-ethyl adjacent to an activating group) is 1. The maximum absolute atomic E-state index is 12.3. The fourth-order valence-electron chi connectivity index (χ4n) is 4.70. The van der Waals surface area contributed by atoms with Crippen molar-refractivity contribution in [2.45, 2.75) is 148 Å². The second-order valence-electron chi connectivity index (χ2n) is 13.2. The molecule has 0 aromatic rings. The molecule has 0 aliphatic heterocycles. The van der Waals surface area contributed by atoms with Crippen LogP contribution in [0.25, 0.3) is 0 Å². The van der Waals surface area contributed by atoms with Gasteiger partial charge in [0.15, 0.2) is 0 Å². The van der Waals surface area contributed by atoms with Gasteiger partial charge in [-0.05, 0) is 44.9 Å². The van der Waals surface area contributed by atoms with Gasteiger partial charge >= 0.3 is 7.82 Å². The third-order valence-electron chi connectivity index (χ3n) is 7.56. The van der Waals surface area contributed by atoms with E-state index < -0.39 is 20.0 Å². The predicted octanol–water partition coefficient (Wildman–Crippen LogP) is 8.79. The molecule has 3 atom stereocenters. The Hall–Kier alpha value is -1.28. The van der Waals surface area contributed by atoms with E-state index in [-0.39, 0.29) is 19.1 Å². The summed E-state index contributed by atoms with van der Waals surface area (Å²) in [4.78, 5) is 22.2. The number of amides is 1. The molecule has 0 saturated carbocycles. The number of carbonyl (C=O) groups excluding carboxylic acids is 1. The number of quaternary nitrogens is 1. The lowest BCUT2D eigenvalue weighted by Gasteiger charge is -2.25. The lowest BCUT2D eigenvalue weighted by Crippen LogP contribution is -2.45. The highest BCUT2D eigenvalue weighted by molar-refractivity contribution is 7.47. The van der Waals surface area contributed by atoms with Gasteiger partial charge in [-0.25, -0.2) is 4.57 Å². The number of aliphatic hydroxyl groups excluding tert-OH is 1. The van der Waals surface area contributed by atoms with Crippen LogP contribution in [0.15, 0.2) is 36.5 Å². The highest BCUT2D eigenvalue weighted by Gasteiger charge is 2.27. The van der Waals surface area contributed by atoms with Gasteiger partial charge in [0.25, 0.3) is 0 Å². The van der Waals surface area contributed by atoms with E-state index in [1.165, 1.54) is 83.5 Å². The minimum absolute atomic E-state index is 0.0515. The second kappa shape index (κ2) is 28.9. The molecular weight excluding hydrogens is 587 g/mol. The van der Waals surface area contributed by atoms with Crippen LogP contribution < -0.4 is 5.32 Å². The first-order valence-corrected chi connectivity index (χ1v) is 19.4. The highest BCUT2D eigenvalue weighted by atomic mass is 31.2. The first kappa shape index (κ1) is 43.7. The summed E-state index contributed by atoms with van der Waals surface area (Å²) < 4.78 is 23.0. The summed E-state index contributed by atoms with van der Waals surface area (Å²) in [6.07, 6.45) is 33.8. The quantitative estimate of drug-likeness (QED) is 0.0298. The predicted molar refractivity (Wildman–Crippen MR) is 189 cm³/mol. The molecule has 264 valence electrons. The number of unbranched alkanes of at least 4 members (excludes halogenated alkanes) is 14. The normalized spacial score (nSPS) is 15.3. The maximum atomic E-state index is 12.3. The van der Waals surface area contributed by atoms with Gasteiger partial charge in [0.05, 0.1) is 39.9 Å². The van der Waals surface area contributed by atoms with Crippen molar-refractivity contribution in [1.82, 2.24) is 5.32 Å². The number of rotatable bonds is 31. The molecule has 0 aromatic heterocycles. The summed E-state index contributed by atoms with van der Waals surface area (Å²) in [5, 5.41) is 13.4. The summed E-state index contributed by atoms with van der Waals surface area (Å²) >= 11 is 0. The lowest BCUT2D eigenvalue weighted by atomic mass is 10.0. The summed E-state index contributed by atoms with van der Waals surface area (Å²) in [6, 6.07) is -0.861. The van der Waals surface area contributed by atoms with Crippen molar-refractivity contribution in [2.75, 3.05) is 40.9 Å². The largest absolute Gasteiger partial charge is 0.472 e. The molecule has 0 bridgehead atoms. The summed E-state index contributed by atoms with van der Waals surface area (Å²) in [7, 11) is 1.53. The second-order valence-corrected chi connectivity index (χ2v) is 14.7. The standard InChI is InChI=1S/C36H69N2O6P/c1-6-8-9-10-11-12-13-14-15-16-17-18-19-20-21-22-23-24-25-26-27-28-30-35(39)34(37-36(40)29-7-2)33-44-45(41,42)43-32-31-38(3,4)5/h20-21,24-25,28,30,34-35,39H,6-19,22-23,26-27,29,31-33H2,1-5H3,(H-,37,40,41,42)/p+1/b21-20+,25-24+,30-28+. The molecule has 0 saturated heterocycles. The van der Waals surface area contributed by atoms with Crippen molar-refractivity contribution in [3.05, 3.63) is 36.5 Å². The molecule has 0 spiro atoms. The molecule has 3 unspecified atom stereocenters. The molecule has 0 rings (SSSR count). The average molecular weight is 658 g/mol. The number of carbonyl (C=O) groups is 1. The first-order chi connectivity index (χ1) is 21.5. The smallest absolute Gasteiger partial charge is 0.387 e. The van der Waals surface area contributed by atoms with Crippen LogP contribution in [0.2, 0.25) is 0 Å². The molecule has 0 aliphatic carbocycles. The number of nitrogens with zero attached hydrogens (tertiary/aromatic N) is 1. The number of hydrogen-bond donors (Lipinski definition) is 3. The minimum atomic E-state index is -4.31. The van der Waals surface area contributed by atoms with E-state index in [9.17, 15) is 19.4 Å². The topological polar surface area (TPSA) is 105 Å². The van der Waals surface area contributed by atoms with Crippen molar-refractivity contribution < 1.29 is 32.9 Å². The van der Waals surface area contributed by atoms with Crippen LogP contribution in [0, 0.1) is 0 Å². The van der Waals surface area contributed by atoms with E-state index in [2.05, 4.69) is 36.5 Å². The van der Waals surface area contributed by atoms with Gasteiger partial charge in [-0.1, -0.05) is 121 Å². The van der Waals surface area contributed by atoms with Crippen molar-refractivity contribution in [3.8, 4) is 0 Å². The minimum Gasteiger partial charge on any atom is -0.387 e. The Balaban J connectivity index is 4.13. The third kappa shape index (κ3) is 31.1. The van der Waals surface area contributed by atoms with Gasteiger partial charge in [-0.15, -0.1) is 0 Å². The van der Waals surface area contributed by atoms with Gasteiger partial charge in [-0.3, -0.25) is 13.8 Å². The van der Waals surface area contributed by atoms with Gasteiger partial charge in [0, 0.05) is 6.42 Å². The van der Waals surface area contributed by atoms with Crippen LogP contribution in [-0.4, -0.2) is 73.4 Å². The Morgan fingerprint density at radius 2 is 1.22 bits per heavy atom.